The highest BCUT2D eigenvalue weighted by molar-refractivity contribution is 5.07. The van der Waals surface area contributed by atoms with Gasteiger partial charge in [-0.2, -0.15) is 0 Å². The molecule has 2 aromatic heterocycles. The van der Waals surface area contributed by atoms with Gasteiger partial charge in [0.1, 0.15) is 5.76 Å². The third kappa shape index (κ3) is 3.32. The third-order valence-corrected chi connectivity index (χ3v) is 4.78. The Kier molecular flexibility index (Phi) is 4.41. The molecule has 1 aliphatic heterocycles. The molecule has 0 aromatic carbocycles. The maximum atomic E-state index is 6.25. The first-order valence-corrected chi connectivity index (χ1v) is 8.29. The van der Waals surface area contributed by atoms with E-state index in [1.54, 1.807) is 12.5 Å². The Morgan fingerprint density at radius 1 is 1.26 bits per heavy atom. The molecule has 4 rings (SSSR count). The molecule has 0 amide bonds. The van der Waals surface area contributed by atoms with Gasteiger partial charge in [-0.3, -0.25) is 9.88 Å². The van der Waals surface area contributed by atoms with Gasteiger partial charge in [-0.15, -0.1) is 0 Å². The van der Waals surface area contributed by atoms with Crippen molar-refractivity contribution < 1.29 is 13.9 Å². The van der Waals surface area contributed by atoms with Crippen LogP contribution in [0, 0.1) is 0 Å². The van der Waals surface area contributed by atoms with Gasteiger partial charge in [0, 0.05) is 25.0 Å². The Morgan fingerprint density at radius 2 is 2.26 bits per heavy atom. The second-order valence-corrected chi connectivity index (χ2v) is 6.24. The van der Waals surface area contributed by atoms with E-state index in [0.29, 0.717) is 12.6 Å². The Bertz CT molecular complexity index is 602. The monoisotopic (exact) mass is 314 g/mol. The summed E-state index contributed by atoms with van der Waals surface area (Å²) in [6.07, 6.45) is 7.89. The van der Waals surface area contributed by atoms with Crippen LogP contribution < -0.4 is 0 Å². The second-order valence-electron chi connectivity index (χ2n) is 6.24. The Morgan fingerprint density at radius 3 is 3.09 bits per heavy atom. The number of hydrogen-bond donors (Lipinski definition) is 0. The molecule has 2 fully saturated rings. The highest BCUT2D eigenvalue weighted by atomic mass is 16.5. The maximum Gasteiger partial charge on any atom is 0.117 e. The zero-order chi connectivity index (χ0) is 15.5. The summed E-state index contributed by atoms with van der Waals surface area (Å²) in [5.41, 5.74) is 1.11. The van der Waals surface area contributed by atoms with Crippen molar-refractivity contribution in [2.24, 2.45) is 0 Å². The van der Waals surface area contributed by atoms with E-state index >= 15 is 0 Å². The van der Waals surface area contributed by atoms with Crippen molar-refractivity contribution >= 4 is 0 Å². The molecular formula is C18H22N2O3. The van der Waals surface area contributed by atoms with E-state index in [-0.39, 0.29) is 12.2 Å². The van der Waals surface area contributed by atoms with Crippen LogP contribution in [0.4, 0.5) is 0 Å². The normalized spacial score (nSPS) is 27.9. The molecule has 0 radical (unpaired) electrons. The lowest BCUT2D eigenvalue weighted by atomic mass is 10.1. The van der Waals surface area contributed by atoms with E-state index in [4.69, 9.17) is 13.9 Å². The van der Waals surface area contributed by atoms with Crippen LogP contribution in [0.3, 0.4) is 0 Å². The number of pyridine rings is 1. The molecule has 23 heavy (non-hydrogen) atoms. The summed E-state index contributed by atoms with van der Waals surface area (Å²) < 4.78 is 17.8. The molecule has 0 N–H and O–H groups in total. The average Bonchev–Trinajstić information content (AvgIpc) is 3.18. The summed E-state index contributed by atoms with van der Waals surface area (Å²) >= 11 is 0. The number of fused-ring (bicyclic) bond motifs is 2. The van der Waals surface area contributed by atoms with Crippen LogP contribution in [0.2, 0.25) is 0 Å². The van der Waals surface area contributed by atoms with E-state index < -0.39 is 0 Å². The van der Waals surface area contributed by atoms with E-state index in [0.717, 1.165) is 43.9 Å². The lowest BCUT2D eigenvalue weighted by molar-refractivity contribution is -0.0616. The SMILES string of the molecule is c1cncc(CO[C@H]2[C@H]3CC[C@H]2OCCN3Cc2ccco2)c1. The minimum Gasteiger partial charge on any atom is -0.468 e. The largest absolute Gasteiger partial charge is 0.468 e. The van der Waals surface area contributed by atoms with E-state index in [1.165, 1.54) is 0 Å². The van der Waals surface area contributed by atoms with E-state index in [1.807, 2.05) is 30.5 Å². The minimum atomic E-state index is 0.118. The van der Waals surface area contributed by atoms with Crippen LogP contribution in [-0.4, -0.2) is 41.3 Å². The summed E-state index contributed by atoms with van der Waals surface area (Å²) in [7, 11) is 0. The molecule has 3 atom stereocenters. The summed E-state index contributed by atoms with van der Waals surface area (Å²) in [5.74, 6) is 1.00. The first-order valence-electron chi connectivity index (χ1n) is 8.29. The van der Waals surface area contributed by atoms with E-state index in [2.05, 4.69) is 9.88 Å². The fourth-order valence-electron chi connectivity index (χ4n) is 3.66. The van der Waals surface area contributed by atoms with Crippen molar-refractivity contribution in [3.05, 3.63) is 54.2 Å². The Hall–Kier alpha value is -1.69. The Balaban J connectivity index is 1.45. The maximum absolute atomic E-state index is 6.25. The number of rotatable bonds is 5. The molecule has 5 nitrogen and oxygen atoms in total. The lowest BCUT2D eigenvalue weighted by Gasteiger charge is -2.30. The first kappa shape index (κ1) is 14.9. The van der Waals surface area contributed by atoms with Gasteiger partial charge in [-0.05, 0) is 36.6 Å². The molecule has 122 valence electrons. The minimum absolute atomic E-state index is 0.118. The van der Waals surface area contributed by atoms with Gasteiger partial charge in [0.05, 0.1) is 38.2 Å². The molecule has 5 heteroatoms. The van der Waals surface area contributed by atoms with Crippen LogP contribution in [0.15, 0.2) is 47.3 Å². The molecule has 0 spiro atoms. The first-order chi connectivity index (χ1) is 11.4. The quantitative estimate of drug-likeness (QED) is 0.849. The van der Waals surface area contributed by atoms with Crippen LogP contribution >= 0.6 is 0 Å². The fourth-order valence-corrected chi connectivity index (χ4v) is 3.66. The number of ether oxygens (including phenoxy) is 2. The van der Waals surface area contributed by atoms with Crippen molar-refractivity contribution in [3.63, 3.8) is 0 Å². The van der Waals surface area contributed by atoms with Crippen LogP contribution in [0.1, 0.15) is 24.2 Å². The van der Waals surface area contributed by atoms with Gasteiger partial charge < -0.3 is 13.9 Å². The smallest absolute Gasteiger partial charge is 0.117 e. The van der Waals surface area contributed by atoms with Crippen molar-refractivity contribution in [2.75, 3.05) is 13.2 Å². The van der Waals surface area contributed by atoms with Crippen LogP contribution in [0.25, 0.3) is 0 Å². The van der Waals surface area contributed by atoms with Gasteiger partial charge in [-0.25, -0.2) is 0 Å². The zero-order valence-corrected chi connectivity index (χ0v) is 13.1. The van der Waals surface area contributed by atoms with Gasteiger partial charge in [-0.1, -0.05) is 6.07 Å². The standard InChI is InChI=1S/C18H22N2O3/c1-3-14(11-19-7-1)13-23-18-16-5-6-17(18)22-10-8-20(16)12-15-4-2-9-21-15/h1-4,7,9,11,16-18H,5-6,8,10,12-13H2/t16-,17-,18+/m1/s1. The third-order valence-electron chi connectivity index (χ3n) is 4.78. The van der Waals surface area contributed by atoms with Gasteiger partial charge in [0.25, 0.3) is 0 Å². The molecule has 2 aromatic rings. The number of hydrogen-bond acceptors (Lipinski definition) is 5. The average molecular weight is 314 g/mol. The Labute approximate surface area is 136 Å². The van der Waals surface area contributed by atoms with Gasteiger partial charge in [0.2, 0.25) is 0 Å². The van der Waals surface area contributed by atoms with Crippen molar-refractivity contribution in [3.8, 4) is 0 Å². The number of nitrogens with zero attached hydrogens (tertiary/aromatic N) is 2. The van der Waals surface area contributed by atoms with Gasteiger partial charge >= 0.3 is 0 Å². The molecule has 1 aliphatic carbocycles. The molecule has 3 heterocycles. The second kappa shape index (κ2) is 6.83. The topological polar surface area (TPSA) is 47.7 Å². The van der Waals surface area contributed by atoms with Crippen LogP contribution in [-0.2, 0) is 22.6 Å². The highest BCUT2D eigenvalue weighted by Crippen LogP contribution is 2.33. The van der Waals surface area contributed by atoms with E-state index in [9.17, 15) is 0 Å². The summed E-state index contributed by atoms with van der Waals surface area (Å²) in [6.45, 7) is 3.09. The highest BCUT2D eigenvalue weighted by Gasteiger charge is 2.43. The molecule has 1 saturated carbocycles. The molecule has 2 bridgehead atoms. The predicted octanol–water partition coefficient (Wildman–Crippen LogP) is 2.62. The summed E-state index contributed by atoms with van der Waals surface area (Å²) in [4.78, 5) is 6.60. The molecule has 2 aliphatic rings. The molecule has 1 saturated heterocycles. The summed E-state index contributed by atoms with van der Waals surface area (Å²) in [6, 6.07) is 8.36. The number of furan rings is 1. The molecule has 0 unspecified atom stereocenters. The van der Waals surface area contributed by atoms with Crippen LogP contribution in [0.5, 0.6) is 0 Å². The predicted molar refractivity (Wildman–Crippen MR) is 84.7 cm³/mol. The zero-order valence-electron chi connectivity index (χ0n) is 13.1. The van der Waals surface area contributed by atoms with Crippen molar-refractivity contribution in [2.45, 2.75) is 44.2 Å². The van der Waals surface area contributed by atoms with Crippen molar-refractivity contribution in [1.29, 1.82) is 0 Å². The summed E-state index contributed by atoms with van der Waals surface area (Å²) in [5, 5.41) is 0. The fraction of sp³-hybridized carbons (Fsp3) is 0.500. The lowest BCUT2D eigenvalue weighted by Crippen LogP contribution is -2.42. The van der Waals surface area contributed by atoms with Gasteiger partial charge in [0.15, 0.2) is 0 Å². The molecular weight excluding hydrogens is 292 g/mol. The van der Waals surface area contributed by atoms with Crippen molar-refractivity contribution in [1.82, 2.24) is 9.88 Å². The number of aromatic nitrogens is 1.